The van der Waals surface area contributed by atoms with E-state index in [1.807, 2.05) is 11.8 Å². The number of thioether (sulfide) groups is 1. The first-order valence-electron chi connectivity index (χ1n) is 6.50. The van der Waals surface area contributed by atoms with Crippen molar-refractivity contribution in [3.05, 3.63) is 0 Å². The third-order valence-corrected chi connectivity index (χ3v) is 4.03. The zero-order chi connectivity index (χ0) is 13.4. The smallest absolute Gasteiger partial charge is 0.237 e. The predicted octanol–water partition coefficient (Wildman–Crippen LogP) is 0.196. The van der Waals surface area contributed by atoms with Gasteiger partial charge in [0.2, 0.25) is 11.8 Å². The Balaban J connectivity index is 2.43. The van der Waals surface area contributed by atoms with Crippen LogP contribution in [0.2, 0.25) is 0 Å². The molecule has 0 aliphatic carbocycles. The van der Waals surface area contributed by atoms with Crippen LogP contribution in [0.3, 0.4) is 0 Å². The van der Waals surface area contributed by atoms with Gasteiger partial charge in [-0.05, 0) is 6.42 Å². The molecule has 6 heteroatoms. The normalized spacial score (nSPS) is 19.5. The van der Waals surface area contributed by atoms with Crippen molar-refractivity contribution in [2.24, 2.45) is 5.73 Å². The molecular formula is C12H23N3O2S. The molecule has 1 atom stereocenters. The minimum absolute atomic E-state index is 0.0299. The third kappa shape index (κ3) is 5.73. The highest BCUT2D eigenvalue weighted by Gasteiger charge is 2.21. The van der Waals surface area contributed by atoms with Crippen molar-refractivity contribution in [3.63, 3.8) is 0 Å². The number of rotatable bonds is 7. The Kier molecular flexibility index (Phi) is 7.12. The molecule has 1 saturated heterocycles. The molecule has 1 aliphatic rings. The second-order valence-corrected chi connectivity index (χ2v) is 5.72. The Morgan fingerprint density at radius 2 is 2.28 bits per heavy atom. The fourth-order valence-corrected chi connectivity index (χ4v) is 2.87. The molecule has 1 heterocycles. The van der Waals surface area contributed by atoms with Gasteiger partial charge in [-0.15, -0.1) is 0 Å². The number of nitrogens with zero attached hydrogens (tertiary/aromatic N) is 1. The van der Waals surface area contributed by atoms with Gasteiger partial charge in [-0.25, -0.2) is 0 Å². The summed E-state index contributed by atoms with van der Waals surface area (Å²) >= 11 is 1.86. The Hall–Kier alpha value is -0.750. The number of nitrogens with two attached hydrogens (primary N) is 1. The van der Waals surface area contributed by atoms with E-state index < -0.39 is 5.91 Å². The Morgan fingerprint density at radius 1 is 1.50 bits per heavy atom. The van der Waals surface area contributed by atoms with Crippen molar-refractivity contribution >= 4 is 23.6 Å². The summed E-state index contributed by atoms with van der Waals surface area (Å²) in [4.78, 5) is 24.7. The summed E-state index contributed by atoms with van der Waals surface area (Å²) in [5.41, 5.74) is 5.18. The average Bonchev–Trinajstić information content (AvgIpc) is 2.35. The van der Waals surface area contributed by atoms with Crippen LogP contribution in [0.4, 0.5) is 0 Å². The van der Waals surface area contributed by atoms with Crippen LogP contribution < -0.4 is 11.1 Å². The summed E-state index contributed by atoms with van der Waals surface area (Å²) < 4.78 is 0. The molecule has 1 unspecified atom stereocenters. The SMILES string of the molecule is CCCCN(CC(N)=O)C(=O)CC1CSCCN1. The molecule has 0 aromatic heterocycles. The largest absolute Gasteiger partial charge is 0.368 e. The first-order chi connectivity index (χ1) is 8.63. The highest BCUT2D eigenvalue weighted by molar-refractivity contribution is 7.99. The Bertz CT molecular complexity index is 280. The highest BCUT2D eigenvalue weighted by Crippen LogP contribution is 2.11. The standard InChI is InChI=1S/C12H23N3O2S/c1-2-3-5-15(8-11(13)16)12(17)7-10-9-18-6-4-14-10/h10,14H,2-9H2,1H3,(H2,13,16). The van der Waals surface area contributed by atoms with Gasteiger partial charge in [0.25, 0.3) is 0 Å². The molecule has 0 spiro atoms. The van der Waals surface area contributed by atoms with E-state index in [4.69, 9.17) is 5.73 Å². The number of amides is 2. The Morgan fingerprint density at radius 3 is 2.83 bits per heavy atom. The topological polar surface area (TPSA) is 75.4 Å². The van der Waals surface area contributed by atoms with Crippen molar-refractivity contribution in [3.8, 4) is 0 Å². The summed E-state index contributed by atoms with van der Waals surface area (Å²) in [5.74, 6) is 1.66. The van der Waals surface area contributed by atoms with Crippen LogP contribution in [-0.4, -0.2) is 53.9 Å². The zero-order valence-corrected chi connectivity index (χ0v) is 11.8. The maximum absolute atomic E-state index is 12.1. The number of carbonyl (C=O) groups is 2. The van der Waals surface area contributed by atoms with Crippen LogP contribution in [0.1, 0.15) is 26.2 Å². The molecular weight excluding hydrogens is 250 g/mol. The number of hydrogen-bond donors (Lipinski definition) is 2. The minimum Gasteiger partial charge on any atom is -0.368 e. The lowest BCUT2D eigenvalue weighted by Crippen LogP contribution is -2.45. The van der Waals surface area contributed by atoms with E-state index in [9.17, 15) is 9.59 Å². The first-order valence-corrected chi connectivity index (χ1v) is 7.66. The molecule has 1 fully saturated rings. The number of nitrogens with one attached hydrogen (secondary N) is 1. The minimum atomic E-state index is -0.439. The molecule has 0 aromatic rings. The number of hydrogen-bond acceptors (Lipinski definition) is 4. The van der Waals surface area contributed by atoms with Gasteiger partial charge in [-0.3, -0.25) is 9.59 Å². The van der Waals surface area contributed by atoms with Crippen LogP contribution in [0.25, 0.3) is 0 Å². The van der Waals surface area contributed by atoms with Crippen molar-refractivity contribution in [2.75, 3.05) is 31.1 Å². The molecule has 2 amide bonds. The van der Waals surface area contributed by atoms with Crippen molar-refractivity contribution in [1.82, 2.24) is 10.2 Å². The summed E-state index contributed by atoms with van der Waals surface area (Å²) in [5, 5.41) is 3.33. The van der Waals surface area contributed by atoms with Gasteiger partial charge < -0.3 is 16.0 Å². The van der Waals surface area contributed by atoms with E-state index in [2.05, 4.69) is 12.2 Å². The van der Waals surface area contributed by atoms with Crippen molar-refractivity contribution < 1.29 is 9.59 Å². The number of unbranched alkanes of at least 4 members (excludes halogenated alkanes) is 1. The lowest BCUT2D eigenvalue weighted by molar-refractivity contribution is -0.135. The summed E-state index contributed by atoms with van der Waals surface area (Å²) in [6.07, 6.45) is 2.37. The molecule has 5 nitrogen and oxygen atoms in total. The quantitative estimate of drug-likeness (QED) is 0.694. The second-order valence-electron chi connectivity index (χ2n) is 4.57. The molecule has 104 valence electrons. The van der Waals surface area contributed by atoms with E-state index in [1.165, 1.54) is 0 Å². The molecule has 0 bridgehead atoms. The summed E-state index contributed by atoms with van der Waals surface area (Å²) in [6.45, 7) is 3.68. The zero-order valence-electron chi connectivity index (χ0n) is 11.0. The molecule has 0 aromatic carbocycles. The first kappa shape index (κ1) is 15.3. The molecule has 3 N–H and O–H groups in total. The number of primary amides is 1. The molecule has 1 rings (SSSR count). The van der Waals surface area contributed by atoms with Gasteiger partial charge in [0.05, 0.1) is 6.54 Å². The van der Waals surface area contributed by atoms with Crippen LogP contribution in [-0.2, 0) is 9.59 Å². The van der Waals surface area contributed by atoms with Crippen LogP contribution in [0, 0.1) is 0 Å². The second kappa shape index (κ2) is 8.37. The van der Waals surface area contributed by atoms with Gasteiger partial charge in [0.1, 0.15) is 0 Å². The molecule has 0 radical (unpaired) electrons. The summed E-state index contributed by atoms with van der Waals surface area (Å²) in [6, 6.07) is 0.230. The number of carbonyl (C=O) groups excluding carboxylic acids is 2. The average molecular weight is 273 g/mol. The van der Waals surface area contributed by atoms with Crippen LogP contribution in [0.5, 0.6) is 0 Å². The van der Waals surface area contributed by atoms with E-state index in [0.29, 0.717) is 13.0 Å². The third-order valence-electron chi connectivity index (χ3n) is 2.90. The molecule has 1 aliphatic heterocycles. The monoisotopic (exact) mass is 273 g/mol. The van der Waals surface area contributed by atoms with E-state index in [-0.39, 0.29) is 18.5 Å². The Labute approximate surface area is 113 Å². The van der Waals surface area contributed by atoms with Crippen molar-refractivity contribution in [1.29, 1.82) is 0 Å². The lowest BCUT2D eigenvalue weighted by atomic mass is 10.2. The highest BCUT2D eigenvalue weighted by atomic mass is 32.2. The van der Waals surface area contributed by atoms with E-state index in [1.54, 1.807) is 4.90 Å². The van der Waals surface area contributed by atoms with Gasteiger partial charge in [0, 0.05) is 37.1 Å². The van der Waals surface area contributed by atoms with E-state index >= 15 is 0 Å². The van der Waals surface area contributed by atoms with Crippen LogP contribution in [0.15, 0.2) is 0 Å². The van der Waals surface area contributed by atoms with Crippen LogP contribution >= 0.6 is 11.8 Å². The van der Waals surface area contributed by atoms with Gasteiger partial charge in [-0.2, -0.15) is 11.8 Å². The molecule has 0 saturated carbocycles. The fraction of sp³-hybridized carbons (Fsp3) is 0.833. The van der Waals surface area contributed by atoms with E-state index in [0.717, 1.165) is 30.9 Å². The van der Waals surface area contributed by atoms with Gasteiger partial charge >= 0.3 is 0 Å². The van der Waals surface area contributed by atoms with Gasteiger partial charge in [0.15, 0.2) is 0 Å². The summed E-state index contributed by atoms with van der Waals surface area (Å²) in [7, 11) is 0. The predicted molar refractivity (Wildman–Crippen MR) is 74.4 cm³/mol. The fourth-order valence-electron chi connectivity index (χ4n) is 1.92. The maximum atomic E-state index is 12.1. The lowest BCUT2D eigenvalue weighted by Gasteiger charge is -2.26. The molecule has 18 heavy (non-hydrogen) atoms. The van der Waals surface area contributed by atoms with Crippen molar-refractivity contribution in [2.45, 2.75) is 32.2 Å². The maximum Gasteiger partial charge on any atom is 0.237 e. The van der Waals surface area contributed by atoms with Gasteiger partial charge in [-0.1, -0.05) is 13.3 Å².